The van der Waals surface area contributed by atoms with Gasteiger partial charge < -0.3 is 4.74 Å². The van der Waals surface area contributed by atoms with Crippen molar-refractivity contribution in [3.8, 4) is 0 Å². The average Bonchev–Trinajstić information content (AvgIpc) is 1.94. The molecule has 0 aromatic heterocycles. The summed E-state index contributed by atoms with van der Waals surface area (Å²) in [5.41, 5.74) is 0. The van der Waals surface area contributed by atoms with Crippen molar-refractivity contribution in [3.05, 3.63) is 0 Å². The number of hydrogen-bond donors (Lipinski definition) is 0. The molecule has 1 heterocycles. The minimum absolute atomic E-state index is 0.395. The van der Waals surface area contributed by atoms with Crippen LogP contribution in [0.15, 0.2) is 0 Å². The normalized spacial score (nSPS) is 34.6. The summed E-state index contributed by atoms with van der Waals surface area (Å²) in [6, 6.07) is 1.22. The van der Waals surface area contributed by atoms with Crippen LogP contribution in [-0.4, -0.2) is 36.2 Å². The Morgan fingerprint density at radius 1 is 1.36 bits per heavy atom. The summed E-state index contributed by atoms with van der Waals surface area (Å²) in [6.07, 6.45) is 0.395. The number of ether oxygens (including phenoxy) is 1. The first-order valence-electron chi connectivity index (χ1n) is 4.50. The third-order valence-corrected chi connectivity index (χ3v) is 2.60. The molecule has 0 aliphatic carbocycles. The maximum atomic E-state index is 5.53. The van der Waals surface area contributed by atoms with Gasteiger partial charge in [0.15, 0.2) is 0 Å². The molecule has 1 aliphatic heterocycles. The van der Waals surface area contributed by atoms with Gasteiger partial charge in [-0.05, 0) is 27.7 Å². The summed E-state index contributed by atoms with van der Waals surface area (Å²) in [5, 5.41) is 0. The third-order valence-electron chi connectivity index (χ3n) is 2.60. The lowest BCUT2D eigenvalue weighted by atomic mass is 10.1. The van der Waals surface area contributed by atoms with Crippen molar-refractivity contribution in [2.45, 2.75) is 45.9 Å². The van der Waals surface area contributed by atoms with Crippen LogP contribution in [0.2, 0.25) is 0 Å². The van der Waals surface area contributed by atoms with Gasteiger partial charge in [-0.3, -0.25) is 4.90 Å². The molecule has 1 aliphatic rings. The van der Waals surface area contributed by atoms with E-state index in [0.29, 0.717) is 18.2 Å². The summed E-state index contributed by atoms with van der Waals surface area (Å²) in [5.74, 6) is 0. The Morgan fingerprint density at radius 3 is 2.45 bits per heavy atom. The van der Waals surface area contributed by atoms with Gasteiger partial charge in [-0.1, -0.05) is 0 Å². The molecule has 0 saturated carbocycles. The number of morpholine rings is 1. The maximum Gasteiger partial charge on any atom is 0.0700 e. The first-order chi connectivity index (χ1) is 5.13. The quantitative estimate of drug-likeness (QED) is 0.572. The van der Waals surface area contributed by atoms with Gasteiger partial charge >= 0.3 is 0 Å². The van der Waals surface area contributed by atoms with Crippen molar-refractivity contribution >= 4 is 0 Å². The highest BCUT2D eigenvalue weighted by Crippen LogP contribution is 2.15. The number of rotatable bonds is 1. The largest absolute Gasteiger partial charge is 0.376 e. The Bertz CT molecular complexity index is 125. The zero-order valence-electron chi connectivity index (χ0n) is 8.00. The second-order valence-corrected chi connectivity index (χ2v) is 3.65. The second kappa shape index (κ2) is 3.55. The molecule has 2 atom stereocenters. The molecule has 2 heteroatoms. The van der Waals surface area contributed by atoms with E-state index >= 15 is 0 Å². The van der Waals surface area contributed by atoms with E-state index in [1.807, 2.05) is 0 Å². The van der Waals surface area contributed by atoms with Crippen molar-refractivity contribution in [1.29, 1.82) is 0 Å². The lowest BCUT2D eigenvalue weighted by Gasteiger charge is -2.40. The Kier molecular flexibility index (Phi) is 2.90. The highest BCUT2D eigenvalue weighted by molar-refractivity contribution is 4.79. The molecule has 66 valence electrons. The molecule has 1 fully saturated rings. The van der Waals surface area contributed by atoms with Crippen molar-refractivity contribution in [2.24, 2.45) is 0 Å². The maximum absolute atomic E-state index is 5.53. The van der Waals surface area contributed by atoms with Gasteiger partial charge in [-0.15, -0.1) is 0 Å². The molecule has 1 saturated heterocycles. The fraction of sp³-hybridized carbons (Fsp3) is 1.00. The van der Waals surface area contributed by atoms with E-state index in [9.17, 15) is 0 Å². The summed E-state index contributed by atoms with van der Waals surface area (Å²) >= 11 is 0. The zero-order chi connectivity index (χ0) is 8.43. The first kappa shape index (κ1) is 9.01. The van der Waals surface area contributed by atoms with Crippen molar-refractivity contribution in [3.63, 3.8) is 0 Å². The van der Waals surface area contributed by atoms with Crippen molar-refractivity contribution in [1.82, 2.24) is 4.90 Å². The van der Waals surface area contributed by atoms with E-state index < -0.39 is 0 Å². The van der Waals surface area contributed by atoms with E-state index in [0.717, 1.165) is 13.2 Å². The highest BCUT2D eigenvalue weighted by Gasteiger charge is 2.26. The molecule has 1 rings (SSSR count). The topological polar surface area (TPSA) is 12.5 Å². The minimum atomic E-state index is 0.395. The fourth-order valence-electron chi connectivity index (χ4n) is 1.69. The summed E-state index contributed by atoms with van der Waals surface area (Å²) in [4.78, 5) is 2.49. The van der Waals surface area contributed by atoms with Crippen LogP contribution in [0.1, 0.15) is 27.7 Å². The molecule has 2 nitrogen and oxygen atoms in total. The van der Waals surface area contributed by atoms with Crippen LogP contribution >= 0.6 is 0 Å². The van der Waals surface area contributed by atoms with Crippen LogP contribution in [0.5, 0.6) is 0 Å². The number of hydrogen-bond acceptors (Lipinski definition) is 2. The van der Waals surface area contributed by atoms with E-state index in [1.165, 1.54) is 0 Å². The molecule has 0 aromatic rings. The summed E-state index contributed by atoms with van der Waals surface area (Å²) in [7, 11) is 0. The van der Waals surface area contributed by atoms with Crippen LogP contribution in [0, 0.1) is 0 Å². The average molecular weight is 157 g/mol. The van der Waals surface area contributed by atoms with E-state index in [1.54, 1.807) is 0 Å². The van der Waals surface area contributed by atoms with Gasteiger partial charge in [0.1, 0.15) is 0 Å². The van der Waals surface area contributed by atoms with Gasteiger partial charge in [0.25, 0.3) is 0 Å². The molecule has 11 heavy (non-hydrogen) atoms. The van der Waals surface area contributed by atoms with Crippen LogP contribution in [0.3, 0.4) is 0 Å². The van der Waals surface area contributed by atoms with Gasteiger partial charge in [-0.25, -0.2) is 0 Å². The first-order valence-corrected chi connectivity index (χ1v) is 4.50. The van der Waals surface area contributed by atoms with Gasteiger partial charge in [0.2, 0.25) is 0 Å². The van der Waals surface area contributed by atoms with Crippen molar-refractivity contribution < 1.29 is 4.74 Å². The number of nitrogens with zero attached hydrogens (tertiary/aromatic N) is 1. The van der Waals surface area contributed by atoms with Gasteiger partial charge in [-0.2, -0.15) is 0 Å². The SMILES string of the molecule is CC(C)N1CCO[C@H](C)[C@H]1C. The van der Waals surface area contributed by atoms with Crippen molar-refractivity contribution in [2.75, 3.05) is 13.2 Å². The molecule has 0 amide bonds. The molecule has 0 N–H and O–H groups in total. The Balaban J connectivity index is 2.51. The molecular weight excluding hydrogens is 138 g/mol. The van der Waals surface area contributed by atoms with Gasteiger partial charge in [0.05, 0.1) is 12.7 Å². The monoisotopic (exact) mass is 157 g/mol. The van der Waals surface area contributed by atoms with Crippen LogP contribution in [0.25, 0.3) is 0 Å². The third kappa shape index (κ3) is 1.94. The molecule has 0 aromatic carbocycles. The predicted octanol–water partition coefficient (Wildman–Crippen LogP) is 1.50. The summed E-state index contributed by atoms with van der Waals surface area (Å²) in [6.45, 7) is 10.9. The Morgan fingerprint density at radius 2 is 2.00 bits per heavy atom. The smallest absolute Gasteiger partial charge is 0.0700 e. The zero-order valence-corrected chi connectivity index (χ0v) is 8.00. The molecule has 0 radical (unpaired) electrons. The van der Waals surface area contributed by atoms with Crippen LogP contribution in [0.4, 0.5) is 0 Å². The fourth-order valence-corrected chi connectivity index (χ4v) is 1.69. The lowest BCUT2D eigenvalue weighted by molar-refractivity contribution is -0.0663. The van der Waals surface area contributed by atoms with E-state index in [2.05, 4.69) is 32.6 Å². The standard InChI is InChI=1S/C9H19NO/c1-7(2)10-5-6-11-9(4)8(10)3/h7-9H,5-6H2,1-4H3/t8-,9-/m1/s1. The molecule has 0 spiro atoms. The van der Waals surface area contributed by atoms with Gasteiger partial charge in [0, 0.05) is 18.6 Å². The molecule has 0 bridgehead atoms. The van der Waals surface area contributed by atoms with E-state index in [4.69, 9.17) is 4.74 Å². The van der Waals surface area contributed by atoms with Crippen LogP contribution < -0.4 is 0 Å². The second-order valence-electron chi connectivity index (χ2n) is 3.65. The Labute approximate surface area is 69.5 Å². The Hall–Kier alpha value is -0.0800. The predicted molar refractivity (Wildman–Crippen MR) is 46.7 cm³/mol. The molecule has 0 unspecified atom stereocenters. The highest BCUT2D eigenvalue weighted by atomic mass is 16.5. The lowest BCUT2D eigenvalue weighted by Crippen LogP contribution is -2.51. The van der Waals surface area contributed by atoms with Crippen LogP contribution in [-0.2, 0) is 4.74 Å². The minimum Gasteiger partial charge on any atom is -0.376 e. The molecular formula is C9H19NO. The summed E-state index contributed by atoms with van der Waals surface area (Å²) < 4.78 is 5.53. The van der Waals surface area contributed by atoms with E-state index in [-0.39, 0.29) is 0 Å².